The number of aryl methyl sites for hydroxylation is 1. The first-order valence-corrected chi connectivity index (χ1v) is 15.3. The minimum Gasteiger partial charge on any atom is -0.495 e. The Balaban J connectivity index is 1.13. The van der Waals surface area contributed by atoms with Crippen LogP contribution < -0.4 is 15.8 Å². The molecule has 0 unspecified atom stereocenters. The van der Waals surface area contributed by atoms with Gasteiger partial charge in [-0.25, -0.2) is 14.6 Å². The highest BCUT2D eigenvalue weighted by Gasteiger charge is 2.30. The number of ether oxygens (including phenoxy) is 2. The van der Waals surface area contributed by atoms with Crippen molar-refractivity contribution in [1.82, 2.24) is 29.2 Å². The third-order valence-corrected chi connectivity index (χ3v) is 9.21. The van der Waals surface area contributed by atoms with Crippen LogP contribution >= 0.6 is 0 Å². The average Bonchev–Trinajstić information content (AvgIpc) is 3.60. The van der Waals surface area contributed by atoms with Crippen LogP contribution in [0.15, 0.2) is 54.9 Å². The summed E-state index contributed by atoms with van der Waals surface area (Å²) in [5, 5.41) is 9.96. The number of nitrogens with one attached hydrogen (secondary N) is 1. The van der Waals surface area contributed by atoms with Crippen LogP contribution in [0.4, 0.5) is 11.5 Å². The molecule has 2 saturated heterocycles. The molecule has 44 heavy (non-hydrogen) atoms. The summed E-state index contributed by atoms with van der Waals surface area (Å²) in [4.78, 5) is 24.6. The van der Waals surface area contributed by atoms with Gasteiger partial charge in [-0.1, -0.05) is 24.3 Å². The molecule has 0 bridgehead atoms. The van der Waals surface area contributed by atoms with Gasteiger partial charge in [0, 0.05) is 56.2 Å². The normalized spacial score (nSPS) is 17.0. The topological polar surface area (TPSA) is 125 Å². The Morgan fingerprint density at radius 1 is 1.05 bits per heavy atom. The number of anilines is 2. The molecule has 0 atom stereocenters. The third-order valence-electron chi connectivity index (χ3n) is 9.21. The van der Waals surface area contributed by atoms with Crippen molar-refractivity contribution < 1.29 is 14.3 Å². The highest BCUT2D eigenvalue weighted by Crippen LogP contribution is 2.37. The SMILES string of the molecule is COc1cc(-c2nn(C3CCN(C4CCOCC4)CC3)c3ncnc(N)c23)ccc1NC(=O)Cc1cc2ccccc2n1C. The van der Waals surface area contributed by atoms with Crippen molar-refractivity contribution in [2.45, 2.75) is 44.2 Å². The summed E-state index contributed by atoms with van der Waals surface area (Å²) in [6.07, 6.45) is 5.93. The maximum atomic E-state index is 13.1. The standard InChI is InChI=1S/C33H38N8O3/c1-39-25(17-21-5-3-4-6-27(21)39)19-29(42)37-26-8-7-22(18-28(26)43-2)31-30-32(34)35-20-36-33(30)41(38-31)24-9-13-40(14-10-24)23-11-15-44-16-12-23/h3-8,17-18,20,23-24H,9-16,19H2,1-2H3,(H,37,42)(H2,34,35,36). The summed E-state index contributed by atoms with van der Waals surface area (Å²) >= 11 is 0. The molecule has 11 heteroatoms. The molecular formula is C33H38N8O3. The molecule has 3 aromatic heterocycles. The van der Waals surface area contributed by atoms with Gasteiger partial charge in [0.2, 0.25) is 5.91 Å². The lowest BCUT2D eigenvalue weighted by atomic mass is 10.00. The highest BCUT2D eigenvalue weighted by molar-refractivity contribution is 6.00. The molecule has 2 aliphatic rings. The van der Waals surface area contributed by atoms with E-state index in [9.17, 15) is 4.79 Å². The number of fused-ring (bicyclic) bond motifs is 2. The Morgan fingerprint density at radius 3 is 2.61 bits per heavy atom. The molecule has 7 rings (SSSR count). The number of amides is 1. The maximum Gasteiger partial charge on any atom is 0.230 e. The minimum atomic E-state index is -0.124. The van der Waals surface area contributed by atoms with Gasteiger partial charge in [0.15, 0.2) is 5.65 Å². The molecule has 228 valence electrons. The molecule has 0 radical (unpaired) electrons. The largest absolute Gasteiger partial charge is 0.495 e. The number of hydrogen-bond donors (Lipinski definition) is 2. The van der Waals surface area contributed by atoms with Gasteiger partial charge in [-0.2, -0.15) is 5.10 Å². The van der Waals surface area contributed by atoms with Crippen LogP contribution in [0.5, 0.6) is 5.75 Å². The lowest BCUT2D eigenvalue weighted by Crippen LogP contribution is -2.44. The lowest BCUT2D eigenvalue weighted by Gasteiger charge is -2.39. The lowest BCUT2D eigenvalue weighted by molar-refractivity contribution is -0.115. The number of piperidine rings is 1. The molecule has 2 aromatic carbocycles. The molecule has 0 aliphatic carbocycles. The number of para-hydroxylation sites is 1. The van der Waals surface area contributed by atoms with E-state index in [1.165, 1.54) is 6.33 Å². The van der Waals surface area contributed by atoms with E-state index < -0.39 is 0 Å². The number of carbonyl (C=O) groups is 1. The first-order chi connectivity index (χ1) is 21.5. The summed E-state index contributed by atoms with van der Waals surface area (Å²) in [6, 6.07) is 16.7. The summed E-state index contributed by atoms with van der Waals surface area (Å²) in [5.41, 5.74) is 11.3. The van der Waals surface area contributed by atoms with Crippen LogP contribution in [0.25, 0.3) is 33.2 Å². The number of benzene rings is 2. The number of nitrogen functional groups attached to an aromatic ring is 1. The van der Waals surface area contributed by atoms with E-state index >= 15 is 0 Å². The monoisotopic (exact) mass is 594 g/mol. The number of hydrogen-bond acceptors (Lipinski definition) is 8. The van der Waals surface area contributed by atoms with Crippen molar-refractivity contribution in [2.75, 3.05) is 44.5 Å². The zero-order valence-electron chi connectivity index (χ0n) is 25.2. The van der Waals surface area contributed by atoms with Gasteiger partial charge in [0.1, 0.15) is 23.6 Å². The molecule has 1 amide bonds. The summed E-state index contributed by atoms with van der Waals surface area (Å²) in [6.45, 7) is 3.75. The van der Waals surface area contributed by atoms with Gasteiger partial charge < -0.3 is 30.0 Å². The fourth-order valence-electron chi connectivity index (χ4n) is 6.81. The van der Waals surface area contributed by atoms with Gasteiger partial charge in [-0.3, -0.25) is 4.79 Å². The Kier molecular flexibility index (Phi) is 7.65. The van der Waals surface area contributed by atoms with Gasteiger partial charge in [0.05, 0.1) is 30.6 Å². The van der Waals surface area contributed by atoms with Crippen molar-refractivity contribution in [1.29, 1.82) is 0 Å². The van der Waals surface area contributed by atoms with Crippen LogP contribution in [-0.2, 0) is 23.0 Å². The van der Waals surface area contributed by atoms with Crippen molar-refractivity contribution in [2.24, 2.45) is 7.05 Å². The van der Waals surface area contributed by atoms with E-state index in [-0.39, 0.29) is 18.4 Å². The number of nitrogens with zero attached hydrogens (tertiary/aromatic N) is 6. The molecular weight excluding hydrogens is 556 g/mol. The maximum absolute atomic E-state index is 13.1. The van der Waals surface area contributed by atoms with Crippen LogP contribution in [0.3, 0.4) is 0 Å². The molecule has 0 saturated carbocycles. The van der Waals surface area contributed by atoms with Gasteiger partial charge in [-0.05, 0) is 55.3 Å². The molecule has 0 spiro atoms. The van der Waals surface area contributed by atoms with E-state index in [1.54, 1.807) is 7.11 Å². The first kappa shape index (κ1) is 28.3. The Labute approximate surface area is 256 Å². The van der Waals surface area contributed by atoms with E-state index in [2.05, 4.69) is 43.0 Å². The fourth-order valence-corrected chi connectivity index (χ4v) is 6.81. The van der Waals surface area contributed by atoms with Crippen molar-refractivity contribution >= 4 is 39.3 Å². The van der Waals surface area contributed by atoms with Crippen LogP contribution in [0, 0.1) is 0 Å². The Morgan fingerprint density at radius 2 is 1.84 bits per heavy atom. The van der Waals surface area contributed by atoms with Crippen LogP contribution in [-0.4, -0.2) is 74.6 Å². The van der Waals surface area contributed by atoms with Crippen LogP contribution in [0.1, 0.15) is 37.4 Å². The average molecular weight is 595 g/mol. The number of aromatic nitrogens is 5. The van der Waals surface area contributed by atoms with E-state index in [0.717, 1.165) is 85.2 Å². The molecule has 2 fully saturated rings. The Hall–Kier alpha value is -4.48. The summed E-state index contributed by atoms with van der Waals surface area (Å²) < 4.78 is 15.4. The second-order valence-corrected chi connectivity index (χ2v) is 11.8. The molecule has 3 N–H and O–H groups in total. The molecule has 11 nitrogen and oxygen atoms in total. The third kappa shape index (κ3) is 5.26. The Bertz CT molecular complexity index is 1810. The zero-order valence-corrected chi connectivity index (χ0v) is 25.2. The number of rotatable bonds is 7. The van der Waals surface area contributed by atoms with E-state index in [0.29, 0.717) is 29.0 Å². The summed E-state index contributed by atoms with van der Waals surface area (Å²) in [7, 11) is 3.58. The fraction of sp³-hybridized carbons (Fsp3) is 0.394. The number of methoxy groups -OCH3 is 1. The molecule has 2 aliphatic heterocycles. The van der Waals surface area contributed by atoms with Crippen LogP contribution in [0.2, 0.25) is 0 Å². The number of nitrogens with two attached hydrogens (primary N) is 1. The second-order valence-electron chi connectivity index (χ2n) is 11.8. The van der Waals surface area contributed by atoms with Gasteiger partial charge in [0.25, 0.3) is 0 Å². The number of carbonyl (C=O) groups excluding carboxylic acids is 1. The molecule has 5 aromatic rings. The van der Waals surface area contributed by atoms with Crippen molar-refractivity contribution in [3.05, 3.63) is 60.6 Å². The van der Waals surface area contributed by atoms with Gasteiger partial charge in [-0.15, -0.1) is 0 Å². The van der Waals surface area contributed by atoms with Crippen molar-refractivity contribution in [3.63, 3.8) is 0 Å². The van der Waals surface area contributed by atoms with E-state index in [1.807, 2.05) is 42.1 Å². The zero-order chi connectivity index (χ0) is 30.2. The highest BCUT2D eigenvalue weighted by atomic mass is 16.5. The minimum absolute atomic E-state index is 0.124. The summed E-state index contributed by atoms with van der Waals surface area (Å²) in [5.74, 6) is 0.805. The first-order valence-electron chi connectivity index (χ1n) is 15.3. The molecule has 5 heterocycles. The predicted octanol–water partition coefficient (Wildman–Crippen LogP) is 4.57. The van der Waals surface area contributed by atoms with Crippen molar-refractivity contribution in [3.8, 4) is 17.0 Å². The van der Waals surface area contributed by atoms with Gasteiger partial charge >= 0.3 is 0 Å². The predicted molar refractivity (Wildman–Crippen MR) is 171 cm³/mol. The number of likely N-dealkylation sites (tertiary alicyclic amines) is 1. The smallest absolute Gasteiger partial charge is 0.230 e. The second kappa shape index (κ2) is 11.9. The van der Waals surface area contributed by atoms with E-state index in [4.69, 9.17) is 20.3 Å². The quantitative estimate of drug-likeness (QED) is 0.281.